The minimum Gasteiger partial charge on any atom is -0.486 e. The third-order valence-electron chi connectivity index (χ3n) is 6.19. The van der Waals surface area contributed by atoms with Crippen molar-refractivity contribution in [1.29, 1.82) is 0 Å². The summed E-state index contributed by atoms with van der Waals surface area (Å²) < 4.78 is 11.5. The van der Waals surface area contributed by atoms with Gasteiger partial charge in [-0.05, 0) is 42.0 Å². The molecule has 2 aromatic rings. The van der Waals surface area contributed by atoms with Crippen molar-refractivity contribution >= 4 is 11.6 Å². The van der Waals surface area contributed by atoms with Crippen LogP contribution >= 0.6 is 0 Å². The zero-order valence-electron chi connectivity index (χ0n) is 16.1. The predicted octanol–water partition coefficient (Wildman–Crippen LogP) is 3.23. The molecule has 1 amide bonds. The molecule has 1 aliphatic carbocycles. The van der Waals surface area contributed by atoms with E-state index in [1.54, 1.807) is 0 Å². The van der Waals surface area contributed by atoms with Gasteiger partial charge in [-0.2, -0.15) is 0 Å². The maximum atomic E-state index is 12.7. The van der Waals surface area contributed by atoms with E-state index in [2.05, 4.69) is 35.2 Å². The van der Waals surface area contributed by atoms with Crippen molar-refractivity contribution in [3.63, 3.8) is 0 Å². The van der Waals surface area contributed by atoms with Gasteiger partial charge in [0.1, 0.15) is 13.2 Å². The number of amides is 1. The maximum Gasteiger partial charge on any atom is 0.222 e. The molecule has 1 fully saturated rings. The fourth-order valence-corrected chi connectivity index (χ4v) is 4.58. The highest BCUT2D eigenvalue weighted by atomic mass is 16.6. The van der Waals surface area contributed by atoms with Crippen LogP contribution < -0.4 is 14.4 Å². The van der Waals surface area contributed by atoms with Crippen LogP contribution in [0.2, 0.25) is 0 Å². The molecule has 2 aliphatic heterocycles. The summed E-state index contributed by atoms with van der Waals surface area (Å²) in [6.45, 7) is 4.39. The topological polar surface area (TPSA) is 42.0 Å². The van der Waals surface area contributed by atoms with Gasteiger partial charge in [0.05, 0.1) is 5.69 Å². The third-order valence-corrected chi connectivity index (χ3v) is 6.19. The minimum atomic E-state index is 0.290. The molecule has 1 unspecified atom stereocenters. The normalized spacial score (nSPS) is 20.4. The van der Waals surface area contributed by atoms with E-state index in [1.807, 2.05) is 17.0 Å². The zero-order chi connectivity index (χ0) is 18.9. The second-order valence-corrected chi connectivity index (χ2v) is 7.81. The Kier molecular flexibility index (Phi) is 4.59. The molecular weight excluding hydrogens is 352 g/mol. The number of benzene rings is 2. The number of piperazine rings is 1. The van der Waals surface area contributed by atoms with Gasteiger partial charge in [0, 0.05) is 32.6 Å². The zero-order valence-corrected chi connectivity index (χ0v) is 16.1. The summed E-state index contributed by atoms with van der Waals surface area (Å²) in [5.41, 5.74) is 3.97. The van der Waals surface area contributed by atoms with E-state index in [0.29, 0.717) is 31.5 Å². The molecule has 0 N–H and O–H groups in total. The van der Waals surface area contributed by atoms with E-state index in [0.717, 1.165) is 56.2 Å². The predicted molar refractivity (Wildman–Crippen MR) is 108 cm³/mol. The molecule has 1 atom stereocenters. The molecular formula is C23H26N2O3. The number of hydrogen-bond acceptors (Lipinski definition) is 4. The van der Waals surface area contributed by atoms with Crippen LogP contribution in [-0.2, 0) is 11.2 Å². The van der Waals surface area contributed by atoms with Gasteiger partial charge in [0.15, 0.2) is 11.5 Å². The van der Waals surface area contributed by atoms with E-state index in [1.165, 1.54) is 11.1 Å². The van der Waals surface area contributed by atoms with Crippen LogP contribution in [0.3, 0.4) is 0 Å². The standard InChI is InChI=1S/C23H26N2O3/c26-22(9-8-18-16-17-4-1-2-5-19(17)18)25-12-10-24(11-13-25)20-6-3-7-21-23(20)28-15-14-27-21/h1-7,18H,8-16H2. The van der Waals surface area contributed by atoms with Crippen molar-refractivity contribution in [2.45, 2.75) is 25.2 Å². The number of carbonyl (C=O) groups excluding carboxylic acids is 1. The van der Waals surface area contributed by atoms with Crippen molar-refractivity contribution in [3.8, 4) is 11.5 Å². The first-order valence-electron chi connectivity index (χ1n) is 10.3. The molecule has 1 saturated heterocycles. The number of ether oxygens (including phenoxy) is 2. The van der Waals surface area contributed by atoms with Crippen LogP contribution in [0.1, 0.15) is 29.9 Å². The van der Waals surface area contributed by atoms with Crippen LogP contribution in [-0.4, -0.2) is 50.2 Å². The Hall–Kier alpha value is -2.69. The molecule has 2 heterocycles. The number of carbonyl (C=O) groups is 1. The largest absolute Gasteiger partial charge is 0.486 e. The summed E-state index contributed by atoms with van der Waals surface area (Å²) in [6, 6.07) is 14.7. The number of rotatable bonds is 4. The minimum absolute atomic E-state index is 0.290. The monoisotopic (exact) mass is 378 g/mol. The lowest BCUT2D eigenvalue weighted by Crippen LogP contribution is -2.49. The number of fused-ring (bicyclic) bond motifs is 2. The van der Waals surface area contributed by atoms with Gasteiger partial charge in [-0.25, -0.2) is 0 Å². The second kappa shape index (κ2) is 7.38. The SMILES string of the molecule is O=C(CCC1Cc2ccccc21)N1CCN(c2cccc3c2OCCO3)CC1. The van der Waals surface area contributed by atoms with E-state index < -0.39 is 0 Å². The Bertz CT molecular complexity index is 874. The molecule has 3 aliphatic rings. The molecule has 2 aromatic carbocycles. The molecule has 146 valence electrons. The van der Waals surface area contributed by atoms with Crippen LogP contribution in [0.4, 0.5) is 5.69 Å². The van der Waals surface area contributed by atoms with Gasteiger partial charge in [0.25, 0.3) is 0 Å². The Balaban J connectivity index is 1.15. The van der Waals surface area contributed by atoms with Crippen molar-refractivity contribution < 1.29 is 14.3 Å². The lowest BCUT2D eigenvalue weighted by Gasteiger charge is -2.38. The van der Waals surface area contributed by atoms with Crippen molar-refractivity contribution in [2.24, 2.45) is 0 Å². The average Bonchev–Trinajstić information content (AvgIpc) is 2.74. The van der Waals surface area contributed by atoms with Crippen LogP contribution in [0, 0.1) is 0 Å². The molecule has 28 heavy (non-hydrogen) atoms. The van der Waals surface area contributed by atoms with Gasteiger partial charge >= 0.3 is 0 Å². The number of hydrogen-bond donors (Lipinski definition) is 0. The molecule has 0 spiro atoms. The van der Waals surface area contributed by atoms with Gasteiger partial charge < -0.3 is 19.3 Å². The molecule has 5 nitrogen and oxygen atoms in total. The Morgan fingerprint density at radius 2 is 1.79 bits per heavy atom. The fourth-order valence-electron chi connectivity index (χ4n) is 4.58. The summed E-state index contributed by atoms with van der Waals surface area (Å²) in [6.07, 6.45) is 2.74. The van der Waals surface area contributed by atoms with E-state index in [4.69, 9.17) is 9.47 Å². The van der Waals surface area contributed by atoms with E-state index in [-0.39, 0.29) is 0 Å². The van der Waals surface area contributed by atoms with E-state index >= 15 is 0 Å². The Morgan fingerprint density at radius 3 is 2.64 bits per heavy atom. The highest BCUT2D eigenvalue weighted by Crippen LogP contribution is 2.40. The molecule has 5 rings (SSSR count). The number of para-hydroxylation sites is 1. The van der Waals surface area contributed by atoms with Gasteiger partial charge in [0.2, 0.25) is 5.91 Å². The number of nitrogens with zero attached hydrogens (tertiary/aromatic N) is 2. The third kappa shape index (κ3) is 3.19. The first kappa shape index (κ1) is 17.4. The van der Waals surface area contributed by atoms with Gasteiger partial charge in [-0.15, -0.1) is 0 Å². The average molecular weight is 378 g/mol. The lowest BCUT2D eigenvalue weighted by molar-refractivity contribution is -0.131. The van der Waals surface area contributed by atoms with Crippen molar-refractivity contribution in [2.75, 3.05) is 44.3 Å². The molecule has 0 radical (unpaired) electrons. The summed E-state index contributed by atoms with van der Waals surface area (Å²) in [4.78, 5) is 17.0. The Morgan fingerprint density at radius 1 is 0.964 bits per heavy atom. The van der Waals surface area contributed by atoms with Crippen LogP contribution in [0.5, 0.6) is 11.5 Å². The highest BCUT2D eigenvalue weighted by molar-refractivity contribution is 5.77. The smallest absolute Gasteiger partial charge is 0.222 e. The first-order valence-corrected chi connectivity index (χ1v) is 10.3. The van der Waals surface area contributed by atoms with Crippen molar-refractivity contribution in [1.82, 2.24) is 4.90 Å². The first-order chi connectivity index (χ1) is 13.8. The molecule has 0 saturated carbocycles. The maximum absolute atomic E-state index is 12.7. The van der Waals surface area contributed by atoms with E-state index in [9.17, 15) is 4.79 Å². The summed E-state index contributed by atoms with van der Waals surface area (Å²) in [7, 11) is 0. The summed E-state index contributed by atoms with van der Waals surface area (Å²) in [5, 5.41) is 0. The molecule has 0 aromatic heterocycles. The van der Waals surface area contributed by atoms with Crippen LogP contribution in [0.15, 0.2) is 42.5 Å². The summed E-state index contributed by atoms with van der Waals surface area (Å²) >= 11 is 0. The second-order valence-electron chi connectivity index (χ2n) is 7.81. The van der Waals surface area contributed by atoms with Gasteiger partial charge in [-0.3, -0.25) is 4.79 Å². The highest BCUT2D eigenvalue weighted by Gasteiger charge is 2.28. The quantitative estimate of drug-likeness (QED) is 0.819. The van der Waals surface area contributed by atoms with Gasteiger partial charge in [-0.1, -0.05) is 30.3 Å². The fraction of sp³-hybridized carbons (Fsp3) is 0.435. The van der Waals surface area contributed by atoms with Crippen LogP contribution in [0.25, 0.3) is 0 Å². The molecule has 5 heteroatoms. The molecule has 0 bridgehead atoms. The lowest BCUT2D eigenvalue weighted by atomic mass is 9.75. The Labute approximate surface area is 165 Å². The van der Waals surface area contributed by atoms with Crippen molar-refractivity contribution in [3.05, 3.63) is 53.6 Å². The summed E-state index contributed by atoms with van der Waals surface area (Å²) in [5.74, 6) is 2.52. The number of anilines is 1.